The average molecular weight is 396 g/mol. The number of ether oxygens (including phenoxy) is 1. The molecule has 2 aromatic rings. The van der Waals surface area contributed by atoms with E-state index in [4.69, 9.17) is 4.74 Å². The van der Waals surface area contributed by atoms with Crippen LogP contribution in [0.1, 0.15) is 18.4 Å². The minimum Gasteiger partial charge on any atom is -0.497 e. The number of nitrogens with zero attached hydrogens (tertiary/aromatic N) is 3. The van der Waals surface area contributed by atoms with E-state index in [2.05, 4.69) is 10.4 Å². The number of hydrogen-bond donors (Lipinski definition) is 1. The summed E-state index contributed by atoms with van der Waals surface area (Å²) in [5, 5.41) is 19.4. The minimum absolute atomic E-state index is 0.0917. The molecule has 1 heterocycles. The Hall–Kier alpha value is -3.75. The van der Waals surface area contributed by atoms with Gasteiger partial charge in [-0.3, -0.25) is 19.7 Å². The highest BCUT2D eigenvalue weighted by molar-refractivity contribution is 6.18. The number of anilines is 1. The fourth-order valence-corrected chi connectivity index (χ4v) is 3.28. The van der Waals surface area contributed by atoms with E-state index in [0.29, 0.717) is 17.0 Å². The molecule has 0 spiro atoms. The largest absolute Gasteiger partial charge is 0.497 e. The standard InChI is InChI=1S/C20H20N4O5/c1-13(25)21-19-18(20(26)24(22-19)15-6-4-3-5-7-15)17(12-23(27)28)14-8-10-16(29-2)11-9-14/h3-11,17-18H,12H2,1-2H3,(H,21,22,25)/t17-,18+/m0/s1. The second kappa shape index (κ2) is 8.51. The van der Waals surface area contributed by atoms with Crippen molar-refractivity contribution in [2.75, 3.05) is 18.7 Å². The Morgan fingerprint density at radius 2 is 1.90 bits per heavy atom. The summed E-state index contributed by atoms with van der Waals surface area (Å²) in [7, 11) is 1.52. The highest BCUT2D eigenvalue weighted by atomic mass is 16.6. The van der Waals surface area contributed by atoms with Crippen LogP contribution in [0.3, 0.4) is 0 Å². The van der Waals surface area contributed by atoms with Crippen LogP contribution in [0.15, 0.2) is 59.7 Å². The first-order valence-electron chi connectivity index (χ1n) is 8.91. The number of amides is 2. The van der Waals surface area contributed by atoms with Crippen LogP contribution < -0.4 is 15.1 Å². The van der Waals surface area contributed by atoms with E-state index in [9.17, 15) is 19.7 Å². The summed E-state index contributed by atoms with van der Waals surface area (Å²) in [6.07, 6.45) is 0. The molecule has 0 saturated heterocycles. The number of nitrogens with one attached hydrogen (secondary N) is 1. The van der Waals surface area contributed by atoms with Gasteiger partial charge in [0.05, 0.1) is 18.7 Å². The lowest BCUT2D eigenvalue weighted by Crippen LogP contribution is -2.41. The van der Waals surface area contributed by atoms with Gasteiger partial charge in [0.1, 0.15) is 17.5 Å². The number of carbonyl (C=O) groups is 2. The van der Waals surface area contributed by atoms with Crippen LogP contribution in [0.2, 0.25) is 0 Å². The summed E-state index contributed by atoms with van der Waals surface area (Å²) >= 11 is 0. The molecule has 2 amide bonds. The SMILES string of the molecule is COc1ccc([C@H](C[N+](=O)[O-])[C@H]2C(=O)N(c3ccccc3)N=C2NC(C)=O)cc1. The molecule has 0 aliphatic carbocycles. The molecule has 1 N–H and O–H groups in total. The Balaban J connectivity index is 2.03. The molecular formula is C20H20N4O5. The first kappa shape index (κ1) is 20.0. The van der Waals surface area contributed by atoms with Crippen LogP contribution in [-0.2, 0) is 9.59 Å². The molecule has 150 valence electrons. The molecule has 3 rings (SSSR count). The third kappa shape index (κ3) is 4.40. The van der Waals surface area contributed by atoms with E-state index in [1.165, 1.54) is 19.0 Å². The summed E-state index contributed by atoms with van der Waals surface area (Å²) in [4.78, 5) is 35.8. The molecule has 2 aromatic carbocycles. The lowest BCUT2D eigenvalue weighted by Gasteiger charge is -2.21. The van der Waals surface area contributed by atoms with Gasteiger partial charge < -0.3 is 10.1 Å². The maximum Gasteiger partial charge on any atom is 0.259 e. The van der Waals surface area contributed by atoms with Gasteiger partial charge >= 0.3 is 0 Å². The van der Waals surface area contributed by atoms with Crippen molar-refractivity contribution in [3.63, 3.8) is 0 Å². The molecule has 0 radical (unpaired) electrons. The van der Waals surface area contributed by atoms with Crippen LogP contribution in [0.5, 0.6) is 5.75 Å². The van der Waals surface area contributed by atoms with Crippen molar-refractivity contribution in [1.82, 2.24) is 5.32 Å². The predicted octanol–water partition coefficient (Wildman–Crippen LogP) is 2.17. The molecule has 0 unspecified atom stereocenters. The number of nitro groups is 1. The van der Waals surface area contributed by atoms with Crippen LogP contribution in [0.25, 0.3) is 0 Å². The molecule has 9 nitrogen and oxygen atoms in total. The van der Waals surface area contributed by atoms with E-state index in [1.54, 1.807) is 54.6 Å². The maximum absolute atomic E-state index is 13.2. The molecule has 9 heteroatoms. The molecule has 1 aliphatic rings. The zero-order chi connectivity index (χ0) is 21.0. The Bertz CT molecular complexity index is 943. The number of methoxy groups -OCH3 is 1. The third-order valence-corrected chi connectivity index (χ3v) is 4.57. The van der Waals surface area contributed by atoms with Crippen LogP contribution in [-0.4, -0.2) is 36.2 Å². The number of hydrogen-bond acceptors (Lipinski definition) is 6. The van der Waals surface area contributed by atoms with Gasteiger partial charge in [-0.1, -0.05) is 30.3 Å². The van der Waals surface area contributed by atoms with Gasteiger partial charge in [-0.15, -0.1) is 0 Å². The minimum atomic E-state index is -1.00. The topological polar surface area (TPSA) is 114 Å². The quantitative estimate of drug-likeness (QED) is 0.594. The summed E-state index contributed by atoms with van der Waals surface area (Å²) in [5.74, 6) is -1.99. The van der Waals surface area contributed by atoms with Crippen LogP contribution >= 0.6 is 0 Å². The number of rotatable bonds is 6. The molecule has 0 bridgehead atoms. The number of carbonyl (C=O) groups excluding carboxylic acids is 2. The lowest BCUT2D eigenvalue weighted by molar-refractivity contribution is -0.484. The first-order chi connectivity index (χ1) is 13.9. The maximum atomic E-state index is 13.2. The van der Waals surface area contributed by atoms with Gasteiger partial charge in [0.15, 0.2) is 0 Å². The number of benzene rings is 2. The van der Waals surface area contributed by atoms with E-state index in [0.717, 1.165) is 0 Å². The van der Waals surface area contributed by atoms with E-state index in [1.807, 2.05) is 0 Å². The normalized spacial score (nSPS) is 16.9. The van der Waals surface area contributed by atoms with Crippen LogP contribution in [0, 0.1) is 16.0 Å². The predicted molar refractivity (Wildman–Crippen MR) is 106 cm³/mol. The zero-order valence-electron chi connectivity index (χ0n) is 15.9. The lowest BCUT2D eigenvalue weighted by atomic mass is 9.84. The van der Waals surface area contributed by atoms with E-state index in [-0.39, 0.29) is 5.84 Å². The third-order valence-electron chi connectivity index (χ3n) is 4.57. The van der Waals surface area contributed by atoms with Gasteiger partial charge in [-0.05, 0) is 29.8 Å². The molecule has 2 atom stereocenters. The van der Waals surface area contributed by atoms with Crippen molar-refractivity contribution in [2.45, 2.75) is 12.8 Å². The Morgan fingerprint density at radius 3 is 2.45 bits per heavy atom. The van der Waals surface area contributed by atoms with Crippen molar-refractivity contribution >= 4 is 23.3 Å². The van der Waals surface area contributed by atoms with Gasteiger partial charge in [-0.25, -0.2) is 0 Å². The summed E-state index contributed by atoms with van der Waals surface area (Å²) < 4.78 is 5.14. The molecule has 29 heavy (non-hydrogen) atoms. The van der Waals surface area contributed by atoms with Crippen molar-refractivity contribution in [3.05, 3.63) is 70.3 Å². The fourth-order valence-electron chi connectivity index (χ4n) is 3.28. The van der Waals surface area contributed by atoms with Gasteiger partial charge in [0.2, 0.25) is 12.5 Å². The van der Waals surface area contributed by atoms with Crippen molar-refractivity contribution < 1.29 is 19.2 Å². The molecule has 0 fully saturated rings. The number of hydrazone groups is 1. The number of amidine groups is 1. The highest BCUT2D eigenvalue weighted by Crippen LogP contribution is 2.34. The van der Waals surface area contributed by atoms with Crippen molar-refractivity contribution in [3.8, 4) is 5.75 Å². The van der Waals surface area contributed by atoms with Crippen molar-refractivity contribution in [2.24, 2.45) is 11.0 Å². The van der Waals surface area contributed by atoms with Crippen molar-refractivity contribution in [1.29, 1.82) is 0 Å². The van der Waals surface area contributed by atoms with E-state index < -0.39 is 35.1 Å². The van der Waals surface area contributed by atoms with E-state index >= 15 is 0 Å². The second-order valence-electron chi connectivity index (χ2n) is 6.52. The smallest absolute Gasteiger partial charge is 0.259 e. The van der Waals surface area contributed by atoms with Gasteiger partial charge in [-0.2, -0.15) is 10.1 Å². The molecule has 0 aromatic heterocycles. The second-order valence-corrected chi connectivity index (χ2v) is 6.52. The Kier molecular flexibility index (Phi) is 5.87. The summed E-state index contributed by atoms with van der Waals surface area (Å²) in [6, 6.07) is 15.4. The Morgan fingerprint density at radius 1 is 1.24 bits per heavy atom. The average Bonchev–Trinajstić information content (AvgIpc) is 3.02. The Labute approximate surface area is 167 Å². The fraction of sp³-hybridized carbons (Fsp3) is 0.250. The molecule has 1 aliphatic heterocycles. The molecule has 0 saturated carbocycles. The highest BCUT2D eigenvalue weighted by Gasteiger charge is 2.45. The van der Waals surface area contributed by atoms with Crippen LogP contribution in [0.4, 0.5) is 5.69 Å². The monoisotopic (exact) mass is 396 g/mol. The molecular weight excluding hydrogens is 376 g/mol. The zero-order valence-corrected chi connectivity index (χ0v) is 15.9. The van der Waals surface area contributed by atoms with Gasteiger partial charge in [0, 0.05) is 11.8 Å². The number of para-hydroxylation sites is 1. The first-order valence-corrected chi connectivity index (χ1v) is 8.91. The summed E-state index contributed by atoms with van der Waals surface area (Å²) in [6.45, 7) is 0.801. The summed E-state index contributed by atoms with van der Waals surface area (Å²) in [5.41, 5.74) is 1.09. The van der Waals surface area contributed by atoms with Gasteiger partial charge in [0.25, 0.3) is 5.91 Å².